The van der Waals surface area contributed by atoms with Crippen LogP contribution in [0.3, 0.4) is 0 Å². The van der Waals surface area contributed by atoms with Crippen LogP contribution in [0.15, 0.2) is 54.4 Å². The highest BCUT2D eigenvalue weighted by Crippen LogP contribution is 2.37. The molecule has 1 radical (unpaired) electrons. The third kappa shape index (κ3) is 2.17. The number of benzene rings is 2. The Bertz CT molecular complexity index is 925. The number of nitrogens with one attached hydrogen (secondary N) is 1. The molecule has 2 aromatic carbocycles. The molecule has 1 aromatic heterocycles. The van der Waals surface area contributed by atoms with Crippen LogP contribution in [0.25, 0.3) is 10.9 Å². The summed E-state index contributed by atoms with van der Waals surface area (Å²) < 4.78 is 0. The Kier molecular flexibility index (Phi) is 2.94. The number of hydrogen-bond donors (Lipinski definition) is 2. The number of amides is 1. The molecular weight excluding hydrogens is 290 g/mol. The molecule has 5 heteroatoms. The van der Waals surface area contributed by atoms with Gasteiger partial charge in [0.05, 0.1) is 17.8 Å². The Morgan fingerprint density at radius 2 is 2.00 bits per heavy atom. The van der Waals surface area contributed by atoms with Crippen LogP contribution in [0.2, 0.25) is 0 Å². The summed E-state index contributed by atoms with van der Waals surface area (Å²) in [5, 5.41) is 18.1. The number of aliphatic hydroxyl groups is 1. The molecule has 0 aliphatic carbocycles. The lowest BCUT2D eigenvalue weighted by Gasteiger charge is -2.26. The smallest absolute Gasteiger partial charge is 0.263 e. The highest BCUT2D eigenvalue weighted by atomic mass is 16.3. The molecule has 0 saturated carbocycles. The van der Waals surface area contributed by atoms with E-state index in [1.807, 2.05) is 49.4 Å². The third-order valence-corrected chi connectivity index (χ3v) is 4.07. The number of aromatic amines is 1. The maximum absolute atomic E-state index is 12.3. The second kappa shape index (κ2) is 4.98. The number of carbonyl (C=O) groups is 1. The minimum Gasteiger partial charge on any atom is -0.509 e. The van der Waals surface area contributed by atoms with Crippen molar-refractivity contribution >= 4 is 22.5 Å². The zero-order chi connectivity index (χ0) is 16.0. The van der Waals surface area contributed by atoms with Crippen LogP contribution in [0.4, 0.5) is 5.69 Å². The van der Waals surface area contributed by atoms with E-state index >= 15 is 0 Å². The van der Waals surface area contributed by atoms with Gasteiger partial charge < -0.3 is 5.11 Å². The SMILES string of the molecule is Cc1ccc(C2C(O)=[C]C(=O)N2c2ccc3cn[nH]c3c2)cc1. The lowest BCUT2D eigenvalue weighted by Crippen LogP contribution is -2.29. The number of aryl methyl sites for hydroxylation is 1. The summed E-state index contributed by atoms with van der Waals surface area (Å²) in [5.41, 5.74) is 3.49. The first kappa shape index (κ1) is 13.6. The summed E-state index contributed by atoms with van der Waals surface area (Å²) in [6.07, 6.45) is 4.23. The van der Waals surface area contributed by atoms with E-state index in [4.69, 9.17) is 0 Å². The van der Waals surface area contributed by atoms with Crippen molar-refractivity contribution in [2.45, 2.75) is 13.0 Å². The van der Waals surface area contributed by atoms with Crippen molar-refractivity contribution in [3.8, 4) is 0 Å². The zero-order valence-electron chi connectivity index (χ0n) is 12.4. The second-order valence-corrected chi connectivity index (χ2v) is 5.64. The van der Waals surface area contributed by atoms with Gasteiger partial charge in [0.1, 0.15) is 11.8 Å². The summed E-state index contributed by atoms with van der Waals surface area (Å²) in [4.78, 5) is 13.9. The van der Waals surface area contributed by atoms with Crippen LogP contribution >= 0.6 is 0 Å². The van der Waals surface area contributed by atoms with Crippen LogP contribution in [0.1, 0.15) is 17.2 Å². The predicted molar refractivity (Wildman–Crippen MR) is 86.9 cm³/mol. The van der Waals surface area contributed by atoms with Gasteiger partial charge in [-0.15, -0.1) is 0 Å². The van der Waals surface area contributed by atoms with Crippen LogP contribution in [0.5, 0.6) is 0 Å². The number of fused-ring (bicyclic) bond motifs is 1. The molecule has 0 saturated heterocycles. The molecule has 0 fully saturated rings. The van der Waals surface area contributed by atoms with Crippen LogP contribution in [-0.2, 0) is 4.79 Å². The van der Waals surface area contributed by atoms with Crippen LogP contribution in [-0.4, -0.2) is 21.2 Å². The fourth-order valence-electron chi connectivity index (χ4n) is 2.87. The van der Waals surface area contributed by atoms with Crippen molar-refractivity contribution in [2.75, 3.05) is 4.90 Å². The highest BCUT2D eigenvalue weighted by Gasteiger charge is 2.36. The van der Waals surface area contributed by atoms with Gasteiger partial charge in [0.25, 0.3) is 5.91 Å². The van der Waals surface area contributed by atoms with E-state index in [0.29, 0.717) is 5.69 Å². The topological polar surface area (TPSA) is 69.2 Å². The van der Waals surface area contributed by atoms with E-state index in [0.717, 1.165) is 22.0 Å². The van der Waals surface area contributed by atoms with Gasteiger partial charge in [-0.3, -0.25) is 14.8 Å². The molecule has 113 valence electrons. The number of nitrogens with zero attached hydrogens (tertiary/aromatic N) is 2. The Balaban J connectivity index is 1.81. The first-order chi connectivity index (χ1) is 11.1. The normalized spacial score (nSPS) is 17.8. The molecule has 4 rings (SSSR count). The number of carbonyl (C=O) groups excluding carboxylic acids is 1. The third-order valence-electron chi connectivity index (χ3n) is 4.07. The molecule has 0 bridgehead atoms. The van der Waals surface area contributed by atoms with Gasteiger partial charge in [0.15, 0.2) is 0 Å². The maximum Gasteiger partial charge on any atom is 0.263 e. The van der Waals surface area contributed by atoms with E-state index in [-0.39, 0.29) is 11.7 Å². The van der Waals surface area contributed by atoms with Crippen molar-refractivity contribution in [1.82, 2.24) is 10.2 Å². The Hall–Kier alpha value is -3.08. The lowest BCUT2D eigenvalue weighted by molar-refractivity contribution is -0.114. The van der Waals surface area contributed by atoms with Gasteiger partial charge in [0, 0.05) is 11.1 Å². The summed E-state index contributed by atoms with van der Waals surface area (Å²) in [6.45, 7) is 2.00. The lowest BCUT2D eigenvalue weighted by atomic mass is 10.0. The van der Waals surface area contributed by atoms with Crippen molar-refractivity contribution in [2.24, 2.45) is 0 Å². The molecule has 2 heterocycles. The quantitative estimate of drug-likeness (QED) is 0.764. The number of hydrogen-bond acceptors (Lipinski definition) is 3. The fourth-order valence-corrected chi connectivity index (χ4v) is 2.87. The maximum atomic E-state index is 12.3. The van der Waals surface area contributed by atoms with Crippen molar-refractivity contribution < 1.29 is 9.90 Å². The molecule has 1 aliphatic rings. The molecule has 1 atom stereocenters. The molecular formula is C18H14N3O2. The van der Waals surface area contributed by atoms with Crippen molar-refractivity contribution in [1.29, 1.82) is 0 Å². The standard InChI is InChI=1S/C18H14N3O2/c1-11-2-4-12(5-3-11)18-16(22)9-17(23)21(18)14-7-6-13-10-19-20-15(13)8-14/h2-8,10,18,22H,1H3,(H,19,20). The molecule has 1 unspecified atom stereocenters. The van der Waals surface area contributed by atoms with Gasteiger partial charge in [-0.25, -0.2) is 0 Å². The Morgan fingerprint density at radius 1 is 1.22 bits per heavy atom. The van der Waals surface area contributed by atoms with Gasteiger partial charge >= 0.3 is 0 Å². The molecule has 0 spiro atoms. The molecule has 3 aromatic rings. The predicted octanol–water partition coefficient (Wildman–Crippen LogP) is 3.20. The van der Waals surface area contributed by atoms with E-state index < -0.39 is 6.04 Å². The highest BCUT2D eigenvalue weighted by molar-refractivity contribution is 6.03. The van der Waals surface area contributed by atoms with Crippen molar-refractivity contribution in [3.05, 3.63) is 71.6 Å². The first-order valence-electron chi connectivity index (χ1n) is 7.29. The summed E-state index contributed by atoms with van der Waals surface area (Å²) in [5.74, 6) is -0.421. The minimum absolute atomic E-state index is 0.0661. The number of rotatable bonds is 2. The number of H-pyrrole nitrogens is 1. The minimum atomic E-state index is -0.552. The van der Waals surface area contributed by atoms with Gasteiger partial charge in [-0.1, -0.05) is 29.8 Å². The van der Waals surface area contributed by atoms with Gasteiger partial charge in [-0.05, 0) is 30.7 Å². The van der Waals surface area contributed by atoms with E-state index in [2.05, 4.69) is 16.3 Å². The molecule has 2 N–H and O–H groups in total. The second-order valence-electron chi connectivity index (χ2n) is 5.64. The molecule has 1 amide bonds. The molecule has 5 nitrogen and oxygen atoms in total. The number of aliphatic hydroxyl groups excluding tert-OH is 1. The summed E-state index contributed by atoms with van der Waals surface area (Å²) in [7, 11) is 0. The largest absolute Gasteiger partial charge is 0.509 e. The Labute approximate surface area is 132 Å². The van der Waals surface area contributed by atoms with E-state index in [1.165, 1.54) is 0 Å². The Morgan fingerprint density at radius 3 is 2.78 bits per heavy atom. The van der Waals surface area contributed by atoms with Crippen LogP contribution in [0, 0.1) is 13.0 Å². The van der Waals surface area contributed by atoms with E-state index in [9.17, 15) is 9.90 Å². The number of anilines is 1. The molecule has 23 heavy (non-hydrogen) atoms. The monoisotopic (exact) mass is 304 g/mol. The molecule has 1 aliphatic heterocycles. The fraction of sp³-hybridized carbons (Fsp3) is 0.111. The summed E-state index contributed by atoms with van der Waals surface area (Å²) >= 11 is 0. The average molecular weight is 304 g/mol. The zero-order valence-corrected chi connectivity index (χ0v) is 12.4. The van der Waals surface area contributed by atoms with Gasteiger partial charge in [-0.2, -0.15) is 5.10 Å². The van der Waals surface area contributed by atoms with Gasteiger partial charge in [0.2, 0.25) is 0 Å². The van der Waals surface area contributed by atoms with E-state index in [1.54, 1.807) is 11.1 Å². The summed E-state index contributed by atoms with van der Waals surface area (Å²) in [6, 6.07) is 12.8. The van der Waals surface area contributed by atoms with Crippen LogP contribution < -0.4 is 4.90 Å². The average Bonchev–Trinajstić information content (AvgIpc) is 3.11. The van der Waals surface area contributed by atoms with Crippen molar-refractivity contribution in [3.63, 3.8) is 0 Å². The first-order valence-corrected chi connectivity index (χ1v) is 7.29. The number of aromatic nitrogens is 2.